The van der Waals surface area contributed by atoms with Gasteiger partial charge in [-0.05, 0) is 20.8 Å². The van der Waals surface area contributed by atoms with E-state index < -0.39 is 43.1 Å². The lowest BCUT2D eigenvalue weighted by molar-refractivity contribution is -0.137. The van der Waals surface area contributed by atoms with Crippen LogP contribution in [0.25, 0.3) is 17.1 Å². The number of rotatable bonds is 9. The molecule has 16 heteroatoms. The highest BCUT2D eigenvalue weighted by Crippen LogP contribution is 2.33. The molecule has 1 aliphatic heterocycles. The number of aliphatic hydroxyl groups is 4. The fourth-order valence-electron chi connectivity index (χ4n) is 3.83. The second-order valence-corrected chi connectivity index (χ2v) is 8.26. The van der Waals surface area contributed by atoms with Crippen molar-refractivity contribution < 1.29 is 44.2 Å². The summed E-state index contributed by atoms with van der Waals surface area (Å²) < 4.78 is 18.1. The number of fused-ring (bicyclic) bond motifs is 1. The quantitative estimate of drug-likeness (QED) is 0.119. The van der Waals surface area contributed by atoms with Crippen molar-refractivity contribution in [3.05, 3.63) is 35.6 Å². The summed E-state index contributed by atoms with van der Waals surface area (Å²) in [6.45, 7) is 4.57. The first-order valence-corrected chi connectivity index (χ1v) is 11.9. The summed E-state index contributed by atoms with van der Waals surface area (Å²) in [5, 5.41) is 44.0. The Labute approximate surface area is 220 Å². The SMILES string of the molecule is CCOC(=O)C(=C\O)/C=N/c1nc(-n2cc(C(=O)OCC)c(C)n2)nc2c1ncn2C1O[C@H](CO)[C@@H](O)[C@H]1O. The lowest BCUT2D eigenvalue weighted by Crippen LogP contribution is -2.33. The number of hydrogen-bond acceptors (Lipinski definition) is 14. The Morgan fingerprint density at radius 3 is 2.56 bits per heavy atom. The first-order valence-electron chi connectivity index (χ1n) is 11.9. The molecule has 1 aliphatic rings. The largest absolute Gasteiger partial charge is 0.515 e. The van der Waals surface area contributed by atoms with E-state index in [0.717, 1.165) is 6.21 Å². The number of imidazole rings is 1. The number of aromatic nitrogens is 6. The molecule has 208 valence electrons. The van der Waals surface area contributed by atoms with Gasteiger partial charge in [0.05, 0.1) is 38.1 Å². The van der Waals surface area contributed by atoms with Crippen LogP contribution >= 0.6 is 0 Å². The maximum absolute atomic E-state index is 12.3. The molecule has 39 heavy (non-hydrogen) atoms. The van der Waals surface area contributed by atoms with Crippen molar-refractivity contribution in [3.8, 4) is 5.95 Å². The van der Waals surface area contributed by atoms with Gasteiger partial charge in [-0.1, -0.05) is 0 Å². The van der Waals surface area contributed by atoms with Crippen molar-refractivity contribution in [2.45, 2.75) is 45.3 Å². The van der Waals surface area contributed by atoms with Crippen LogP contribution in [0.15, 0.2) is 29.4 Å². The number of aliphatic imine (C=N–C) groups is 1. The van der Waals surface area contributed by atoms with Crippen molar-refractivity contribution >= 4 is 35.1 Å². The second kappa shape index (κ2) is 11.6. The van der Waals surface area contributed by atoms with Gasteiger partial charge in [-0.3, -0.25) is 4.57 Å². The third kappa shape index (κ3) is 5.35. The number of carbonyl (C=O) groups is 2. The molecular weight excluding hydrogens is 518 g/mol. The normalized spacial score (nSPS) is 21.6. The van der Waals surface area contributed by atoms with Crippen molar-refractivity contribution in [2.75, 3.05) is 19.8 Å². The third-order valence-corrected chi connectivity index (χ3v) is 5.76. The smallest absolute Gasteiger partial charge is 0.342 e. The van der Waals surface area contributed by atoms with Gasteiger partial charge in [-0.2, -0.15) is 15.1 Å². The molecule has 4 N–H and O–H groups in total. The topological polar surface area (TPSA) is 217 Å². The molecule has 0 aliphatic carbocycles. The third-order valence-electron chi connectivity index (χ3n) is 5.76. The van der Waals surface area contributed by atoms with E-state index in [1.165, 1.54) is 21.8 Å². The van der Waals surface area contributed by atoms with Crippen LogP contribution < -0.4 is 0 Å². The highest BCUT2D eigenvalue weighted by molar-refractivity contribution is 6.10. The molecule has 0 amide bonds. The monoisotopic (exact) mass is 545 g/mol. The molecular formula is C23H27N7O9. The Bertz CT molecular complexity index is 1430. The fraction of sp³-hybridized carbons (Fsp3) is 0.435. The Kier molecular flexibility index (Phi) is 8.29. The second-order valence-electron chi connectivity index (χ2n) is 8.26. The Morgan fingerprint density at radius 2 is 1.92 bits per heavy atom. The van der Waals surface area contributed by atoms with Crippen molar-refractivity contribution in [2.24, 2.45) is 4.99 Å². The molecule has 0 aromatic carbocycles. The van der Waals surface area contributed by atoms with Crippen LogP contribution in [-0.2, 0) is 19.0 Å². The maximum atomic E-state index is 12.3. The minimum Gasteiger partial charge on any atom is -0.515 e. The van der Waals surface area contributed by atoms with E-state index in [2.05, 4.69) is 25.0 Å². The first-order chi connectivity index (χ1) is 18.7. The highest BCUT2D eigenvalue weighted by atomic mass is 16.6. The van der Waals surface area contributed by atoms with Gasteiger partial charge in [-0.25, -0.2) is 24.2 Å². The summed E-state index contributed by atoms with van der Waals surface area (Å²) in [6, 6.07) is 0. The van der Waals surface area contributed by atoms with Gasteiger partial charge >= 0.3 is 11.9 Å². The molecule has 4 heterocycles. The summed E-state index contributed by atoms with van der Waals surface area (Å²) in [5.74, 6) is -1.57. The molecule has 3 aromatic rings. The minimum absolute atomic E-state index is 0.0716. The van der Waals surface area contributed by atoms with Crippen LogP contribution in [0.3, 0.4) is 0 Å². The van der Waals surface area contributed by atoms with E-state index in [1.807, 2.05) is 0 Å². The van der Waals surface area contributed by atoms with E-state index in [-0.39, 0.29) is 47.3 Å². The summed E-state index contributed by atoms with van der Waals surface area (Å²) in [4.78, 5) is 41.6. The van der Waals surface area contributed by atoms with Crippen molar-refractivity contribution in [3.63, 3.8) is 0 Å². The van der Waals surface area contributed by atoms with Crippen LogP contribution in [0, 0.1) is 6.92 Å². The number of esters is 2. The zero-order valence-electron chi connectivity index (χ0n) is 21.2. The summed E-state index contributed by atoms with van der Waals surface area (Å²) in [5.41, 5.74) is 0.428. The van der Waals surface area contributed by atoms with Crippen molar-refractivity contribution in [1.82, 2.24) is 29.3 Å². The Morgan fingerprint density at radius 1 is 1.18 bits per heavy atom. The maximum Gasteiger partial charge on any atom is 0.342 e. The predicted octanol–water partition coefficient (Wildman–Crippen LogP) is -0.184. The molecule has 0 radical (unpaired) electrons. The Balaban J connectivity index is 1.85. The number of aryl methyl sites for hydroxylation is 1. The molecule has 3 aromatic heterocycles. The molecule has 4 atom stereocenters. The number of carbonyl (C=O) groups excluding carboxylic acids is 2. The van der Waals surface area contributed by atoms with E-state index >= 15 is 0 Å². The average molecular weight is 546 g/mol. The Hall–Kier alpha value is -4.25. The van der Waals surface area contributed by atoms with Gasteiger partial charge in [0, 0.05) is 12.4 Å². The number of ether oxygens (including phenoxy) is 3. The first kappa shape index (κ1) is 27.8. The number of nitrogens with zero attached hydrogens (tertiary/aromatic N) is 7. The molecule has 1 saturated heterocycles. The van der Waals surface area contributed by atoms with E-state index in [0.29, 0.717) is 12.0 Å². The van der Waals surface area contributed by atoms with Gasteiger partial charge < -0.3 is 34.6 Å². The lowest BCUT2D eigenvalue weighted by Gasteiger charge is -2.16. The van der Waals surface area contributed by atoms with Crippen molar-refractivity contribution in [1.29, 1.82) is 0 Å². The standard InChI is InChI=1S/C23H27N7O9/c1-4-37-21(35)12(8-31)6-24-18-15-19(29(10-25-15)20-17(34)16(33)14(9-32)39-20)27-23(26-18)30-7-13(11(3)28-30)22(36)38-5-2/h6-8,10,14,16-17,20,31-34H,4-5,9H2,1-3H3/b12-8-,24-6+/t14-,16-,17-,20?/m1/s1. The summed E-state index contributed by atoms with van der Waals surface area (Å²) >= 11 is 0. The molecule has 1 fully saturated rings. The van der Waals surface area contributed by atoms with Crippen LogP contribution in [-0.4, -0.2) is 106 Å². The summed E-state index contributed by atoms with van der Waals surface area (Å²) in [7, 11) is 0. The number of hydrogen-bond donors (Lipinski definition) is 4. The molecule has 0 bridgehead atoms. The molecule has 4 rings (SSSR count). The van der Waals surface area contributed by atoms with E-state index in [4.69, 9.17) is 14.2 Å². The van der Waals surface area contributed by atoms with Crippen LogP contribution in [0.4, 0.5) is 5.82 Å². The molecule has 0 saturated carbocycles. The zero-order chi connectivity index (χ0) is 28.3. The van der Waals surface area contributed by atoms with Crippen LogP contribution in [0.5, 0.6) is 0 Å². The lowest BCUT2D eigenvalue weighted by atomic mass is 10.1. The highest BCUT2D eigenvalue weighted by Gasteiger charge is 2.44. The minimum atomic E-state index is -1.43. The predicted molar refractivity (Wildman–Crippen MR) is 132 cm³/mol. The number of aliphatic hydroxyl groups excluding tert-OH is 4. The van der Waals surface area contributed by atoms with Gasteiger partial charge in [-0.15, -0.1) is 0 Å². The van der Waals surface area contributed by atoms with Crippen LogP contribution in [0.1, 0.15) is 36.1 Å². The van der Waals surface area contributed by atoms with Crippen LogP contribution in [0.2, 0.25) is 0 Å². The van der Waals surface area contributed by atoms with E-state index in [1.54, 1.807) is 20.8 Å². The summed E-state index contributed by atoms with van der Waals surface area (Å²) in [6.07, 6.45) is -0.845. The fourth-order valence-corrected chi connectivity index (χ4v) is 3.83. The van der Waals surface area contributed by atoms with E-state index in [9.17, 15) is 30.0 Å². The molecule has 0 spiro atoms. The van der Waals surface area contributed by atoms with Gasteiger partial charge in [0.1, 0.15) is 29.4 Å². The van der Waals surface area contributed by atoms with Gasteiger partial charge in [0.2, 0.25) is 0 Å². The zero-order valence-corrected chi connectivity index (χ0v) is 21.2. The van der Waals surface area contributed by atoms with Gasteiger partial charge in [0.25, 0.3) is 5.95 Å². The molecule has 1 unspecified atom stereocenters. The van der Waals surface area contributed by atoms with Gasteiger partial charge in [0.15, 0.2) is 23.2 Å². The molecule has 16 nitrogen and oxygen atoms in total. The average Bonchev–Trinajstić information content (AvgIpc) is 3.60.